The Kier molecular flexibility index (Phi) is 3.49. The normalized spacial score (nSPS) is 11.8. The minimum atomic E-state index is -4.39. The maximum absolute atomic E-state index is 12.7. The van der Waals surface area contributed by atoms with Crippen molar-refractivity contribution in [3.63, 3.8) is 0 Å². The predicted octanol–water partition coefficient (Wildman–Crippen LogP) is 4.19. The summed E-state index contributed by atoms with van der Waals surface area (Å²) in [5, 5.41) is 0. The molecule has 0 saturated heterocycles. The van der Waals surface area contributed by atoms with Crippen LogP contribution < -0.4 is 5.73 Å². The zero-order valence-corrected chi connectivity index (χ0v) is 10.7. The van der Waals surface area contributed by atoms with E-state index in [9.17, 15) is 13.2 Å². The SMILES string of the molecule is NCc1ccc(-c2cc(Br)cc(C(F)(F)F)c2)o1. The van der Waals surface area contributed by atoms with E-state index in [2.05, 4.69) is 15.9 Å². The van der Waals surface area contributed by atoms with Crippen LogP contribution in [0.25, 0.3) is 11.3 Å². The van der Waals surface area contributed by atoms with Crippen molar-refractivity contribution in [1.82, 2.24) is 0 Å². The number of furan rings is 1. The molecule has 1 aromatic carbocycles. The molecule has 0 saturated carbocycles. The van der Waals surface area contributed by atoms with Gasteiger partial charge in [0.25, 0.3) is 0 Å². The van der Waals surface area contributed by atoms with Crippen molar-refractivity contribution in [1.29, 1.82) is 0 Å². The fraction of sp³-hybridized carbons (Fsp3) is 0.167. The average molecular weight is 320 g/mol. The fourth-order valence-electron chi connectivity index (χ4n) is 1.54. The summed E-state index contributed by atoms with van der Waals surface area (Å²) in [5.74, 6) is 0.890. The van der Waals surface area contributed by atoms with Gasteiger partial charge in [-0.1, -0.05) is 15.9 Å². The molecule has 18 heavy (non-hydrogen) atoms. The topological polar surface area (TPSA) is 39.2 Å². The Labute approximate surface area is 110 Å². The molecular formula is C12H9BrF3NO. The quantitative estimate of drug-likeness (QED) is 0.901. The third kappa shape index (κ3) is 2.76. The van der Waals surface area contributed by atoms with Gasteiger partial charge in [0.2, 0.25) is 0 Å². The van der Waals surface area contributed by atoms with Gasteiger partial charge in [-0.25, -0.2) is 0 Å². The van der Waals surface area contributed by atoms with Crippen molar-refractivity contribution in [3.05, 3.63) is 46.1 Å². The van der Waals surface area contributed by atoms with Gasteiger partial charge in [-0.05, 0) is 30.3 Å². The lowest BCUT2D eigenvalue weighted by atomic mass is 10.1. The molecule has 0 fully saturated rings. The van der Waals surface area contributed by atoms with Crippen molar-refractivity contribution < 1.29 is 17.6 Å². The van der Waals surface area contributed by atoms with Crippen LogP contribution in [0.15, 0.2) is 39.2 Å². The molecule has 0 spiro atoms. The lowest BCUT2D eigenvalue weighted by molar-refractivity contribution is -0.137. The molecule has 2 N–H and O–H groups in total. The largest absolute Gasteiger partial charge is 0.460 e. The fourth-order valence-corrected chi connectivity index (χ4v) is 2.03. The van der Waals surface area contributed by atoms with Crippen molar-refractivity contribution in [2.24, 2.45) is 5.73 Å². The molecule has 0 amide bonds. The second kappa shape index (κ2) is 4.78. The molecule has 2 nitrogen and oxygen atoms in total. The zero-order valence-electron chi connectivity index (χ0n) is 9.09. The van der Waals surface area contributed by atoms with Crippen LogP contribution in [0.3, 0.4) is 0 Å². The van der Waals surface area contributed by atoms with E-state index in [1.165, 1.54) is 0 Å². The summed E-state index contributed by atoms with van der Waals surface area (Å²) in [6.07, 6.45) is -4.39. The molecule has 2 aromatic rings. The molecule has 0 aliphatic rings. The maximum Gasteiger partial charge on any atom is 0.416 e. The van der Waals surface area contributed by atoms with Gasteiger partial charge in [0.05, 0.1) is 12.1 Å². The molecule has 0 aliphatic heterocycles. The van der Waals surface area contributed by atoms with Gasteiger partial charge in [0, 0.05) is 10.0 Å². The van der Waals surface area contributed by atoms with Crippen LogP contribution >= 0.6 is 15.9 Å². The van der Waals surface area contributed by atoms with Gasteiger partial charge in [-0.2, -0.15) is 13.2 Å². The highest BCUT2D eigenvalue weighted by Gasteiger charge is 2.31. The first-order valence-electron chi connectivity index (χ1n) is 5.07. The number of benzene rings is 1. The van der Waals surface area contributed by atoms with E-state index < -0.39 is 11.7 Å². The van der Waals surface area contributed by atoms with Gasteiger partial charge >= 0.3 is 6.18 Å². The molecule has 0 radical (unpaired) electrons. The summed E-state index contributed by atoms with van der Waals surface area (Å²) in [4.78, 5) is 0. The third-order valence-electron chi connectivity index (χ3n) is 2.37. The predicted molar refractivity (Wildman–Crippen MR) is 64.7 cm³/mol. The van der Waals surface area contributed by atoms with E-state index in [4.69, 9.17) is 10.2 Å². The molecule has 1 heterocycles. The van der Waals surface area contributed by atoms with E-state index in [1.807, 2.05) is 0 Å². The van der Waals surface area contributed by atoms with Crippen molar-refractivity contribution in [3.8, 4) is 11.3 Å². The Morgan fingerprint density at radius 1 is 1.17 bits per heavy atom. The van der Waals surface area contributed by atoms with Crippen LogP contribution in [0, 0.1) is 0 Å². The average Bonchev–Trinajstić information content (AvgIpc) is 2.75. The van der Waals surface area contributed by atoms with Crippen molar-refractivity contribution >= 4 is 15.9 Å². The summed E-state index contributed by atoms with van der Waals surface area (Å²) in [6.45, 7) is 0.208. The number of alkyl halides is 3. The Morgan fingerprint density at radius 2 is 1.89 bits per heavy atom. The van der Waals surface area contributed by atoms with E-state index in [0.29, 0.717) is 21.6 Å². The zero-order chi connectivity index (χ0) is 13.3. The molecule has 0 bridgehead atoms. The number of halogens is 4. The van der Waals surface area contributed by atoms with Crippen molar-refractivity contribution in [2.45, 2.75) is 12.7 Å². The summed E-state index contributed by atoms with van der Waals surface area (Å²) >= 11 is 3.06. The lowest BCUT2D eigenvalue weighted by Crippen LogP contribution is -2.04. The summed E-state index contributed by atoms with van der Waals surface area (Å²) < 4.78 is 43.7. The molecule has 6 heteroatoms. The second-order valence-electron chi connectivity index (χ2n) is 3.70. The summed E-state index contributed by atoms with van der Waals surface area (Å²) in [5.41, 5.74) is 5.02. The van der Waals surface area contributed by atoms with E-state index >= 15 is 0 Å². The lowest BCUT2D eigenvalue weighted by Gasteiger charge is -2.08. The van der Waals surface area contributed by atoms with Gasteiger partial charge in [-0.15, -0.1) is 0 Å². The standard InChI is InChI=1S/C12H9BrF3NO/c13-9-4-7(3-8(5-9)12(14,15)16)11-2-1-10(6-17)18-11/h1-5H,6,17H2. The van der Waals surface area contributed by atoms with Crippen LogP contribution in [0.4, 0.5) is 13.2 Å². The van der Waals surface area contributed by atoms with Crippen LogP contribution in [-0.2, 0) is 12.7 Å². The molecule has 0 aliphatic carbocycles. The minimum absolute atomic E-state index is 0.208. The first-order valence-corrected chi connectivity index (χ1v) is 5.86. The molecule has 0 atom stereocenters. The first-order chi connectivity index (χ1) is 8.40. The Balaban J connectivity index is 2.48. The Morgan fingerprint density at radius 3 is 2.44 bits per heavy atom. The number of nitrogens with two attached hydrogens (primary N) is 1. The molecule has 0 unspecified atom stereocenters. The number of rotatable bonds is 2. The van der Waals surface area contributed by atoms with Crippen LogP contribution in [0.2, 0.25) is 0 Å². The Hall–Kier alpha value is -1.27. The summed E-state index contributed by atoms with van der Waals surface area (Å²) in [7, 11) is 0. The molecular weight excluding hydrogens is 311 g/mol. The van der Waals surface area contributed by atoms with Gasteiger partial charge < -0.3 is 10.2 Å². The second-order valence-corrected chi connectivity index (χ2v) is 4.61. The molecule has 2 rings (SSSR count). The molecule has 1 aromatic heterocycles. The Bertz CT molecular complexity index is 563. The minimum Gasteiger partial charge on any atom is -0.460 e. The first kappa shape index (κ1) is 13.2. The van der Waals surface area contributed by atoms with Crippen LogP contribution in [-0.4, -0.2) is 0 Å². The van der Waals surface area contributed by atoms with E-state index in [1.54, 1.807) is 18.2 Å². The van der Waals surface area contributed by atoms with Crippen molar-refractivity contribution in [2.75, 3.05) is 0 Å². The number of hydrogen-bond acceptors (Lipinski definition) is 2. The van der Waals surface area contributed by atoms with E-state index in [0.717, 1.165) is 12.1 Å². The highest BCUT2D eigenvalue weighted by Crippen LogP contribution is 2.35. The van der Waals surface area contributed by atoms with Crippen LogP contribution in [0.5, 0.6) is 0 Å². The highest BCUT2D eigenvalue weighted by atomic mass is 79.9. The summed E-state index contributed by atoms with van der Waals surface area (Å²) in [6, 6.07) is 6.88. The molecule has 96 valence electrons. The van der Waals surface area contributed by atoms with E-state index in [-0.39, 0.29) is 6.54 Å². The van der Waals surface area contributed by atoms with Gasteiger partial charge in [-0.3, -0.25) is 0 Å². The van der Waals surface area contributed by atoms with Gasteiger partial charge in [0.15, 0.2) is 0 Å². The monoisotopic (exact) mass is 319 g/mol. The van der Waals surface area contributed by atoms with Gasteiger partial charge in [0.1, 0.15) is 11.5 Å². The highest BCUT2D eigenvalue weighted by molar-refractivity contribution is 9.10. The smallest absolute Gasteiger partial charge is 0.416 e. The third-order valence-corrected chi connectivity index (χ3v) is 2.83. The van der Waals surface area contributed by atoms with Crippen LogP contribution in [0.1, 0.15) is 11.3 Å². The maximum atomic E-state index is 12.7. The number of hydrogen-bond donors (Lipinski definition) is 1.